The Balaban J connectivity index is 2.70. The summed E-state index contributed by atoms with van der Waals surface area (Å²) in [6.45, 7) is 1.76. The van der Waals surface area contributed by atoms with E-state index in [0.29, 0.717) is 6.42 Å². The van der Waals surface area contributed by atoms with Gasteiger partial charge < -0.3 is 10.2 Å². The third-order valence-corrected chi connectivity index (χ3v) is 2.63. The largest absolute Gasteiger partial charge is 0.508 e. The molecule has 1 aromatic carbocycles. The minimum Gasteiger partial charge on any atom is -0.508 e. The summed E-state index contributed by atoms with van der Waals surface area (Å²) in [5.74, 6) is 0.267. The molecule has 3 heteroatoms. The van der Waals surface area contributed by atoms with Crippen LogP contribution in [0.15, 0.2) is 22.7 Å². The van der Waals surface area contributed by atoms with Gasteiger partial charge >= 0.3 is 0 Å². The molecule has 13 heavy (non-hydrogen) atoms. The predicted octanol–water partition coefficient (Wildman–Crippen LogP) is 2.47. The molecule has 0 amide bonds. The molecule has 2 nitrogen and oxygen atoms in total. The second-order valence-electron chi connectivity index (χ2n) is 3.16. The lowest BCUT2D eigenvalue weighted by atomic mass is 10.1. The van der Waals surface area contributed by atoms with Crippen LogP contribution in [0.25, 0.3) is 0 Å². The second-order valence-corrected chi connectivity index (χ2v) is 4.02. The molecule has 0 unspecified atom stereocenters. The first-order valence-corrected chi connectivity index (χ1v) is 5.04. The lowest BCUT2D eigenvalue weighted by molar-refractivity contribution is 0.185. The molecular formula is C10H13BrO2. The average molecular weight is 245 g/mol. The Labute approximate surface area is 86.3 Å². The second kappa shape index (κ2) is 4.63. The molecule has 0 bridgehead atoms. The van der Waals surface area contributed by atoms with Gasteiger partial charge in [-0.15, -0.1) is 0 Å². The summed E-state index contributed by atoms with van der Waals surface area (Å²) in [6, 6.07) is 5.16. The minimum atomic E-state index is -0.297. The molecule has 0 saturated carbocycles. The number of halogens is 1. The van der Waals surface area contributed by atoms with Crippen molar-refractivity contribution in [3.8, 4) is 5.75 Å². The molecule has 2 N–H and O–H groups in total. The van der Waals surface area contributed by atoms with Gasteiger partial charge in [0.05, 0.1) is 6.10 Å². The number of phenols is 1. The number of aryl methyl sites for hydroxylation is 1. The lowest BCUT2D eigenvalue weighted by Crippen LogP contribution is -2.01. The fourth-order valence-electron chi connectivity index (χ4n) is 1.12. The quantitative estimate of drug-likeness (QED) is 0.858. The molecule has 0 spiro atoms. The molecule has 72 valence electrons. The highest BCUT2D eigenvalue weighted by Crippen LogP contribution is 2.23. The van der Waals surface area contributed by atoms with E-state index >= 15 is 0 Å². The van der Waals surface area contributed by atoms with Gasteiger partial charge in [-0.05, 0) is 43.5 Å². The smallest absolute Gasteiger partial charge is 0.115 e. The van der Waals surface area contributed by atoms with Crippen LogP contribution in [-0.4, -0.2) is 16.3 Å². The van der Waals surface area contributed by atoms with E-state index in [1.165, 1.54) is 0 Å². The van der Waals surface area contributed by atoms with E-state index in [1.54, 1.807) is 19.1 Å². The van der Waals surface area contributed by atoms with Crippen molar-refractivity contribution in [3.05, 3.63) is 28.2 Å². The van der Waals surface area contributed by atoms with Gasteiger partial charge in [-0.25, -0.2) is 0 Å². The maximum absolute atomic E-state index is 9.22. The van der Waals surface area contributed by atoms with Crippen molar-refractivity contribution in [3.63, 3.8) is 0 Å². The highest BCUT2D eigenvalue weighted by Gasteiger charge is 2.03. The zero-order chi connectivity index (χ0) is 9.84. The maximum Gasteiger partial charge on any atom is 0.115 e. The molecule has 0 heterocycles. The van der Waals surface area contributed by atoms with Gasteiger partial charge in [0.25, 0.3) is 0 Å². The zero-order valence-corrected chi connectivity index (χ0v) is 9.08. The van der Waals surface area contributed by atoms with Crippen molar-refractivity contribution in [2.45, 2.75) is 25.9 Å². The number of aliphatic hydroxyl groups is 1. The molecule has 0 aromatic heterocycles. The Morgan fingerprint density at radius 1 is 1.46 bits per heavy atom. The molecule has 1 rings (SSSR count). The van der Waals surface area contributed by atoms with E-state index in [-0.39, 0.29) is 11.9 Å². The Hall–Kier alpha value is -0.540. The summed E-state index contributed by atoms with van der Waals surface area (Å²) in [6.07, 6.45) is 1.18. The van der Waals surface area contributed by atoms with Crippen LogP contribution >= 0.6 is 15.9 Å². The van der Waals surface area contributed by atoms with Crippen LogP contribution in [0.5, 0.6) is 5.75 Å². The molecular weight excluding hydrogens is 232 g/mol. The van der Waals surface area contributed by atoms with E-state index in [4.69, 9.17) is 5.11 Å². The monoisotopic (exact) mass is 244 g/mol. The van der Waals surface area contributed by atoms with Gasteiger partial charge in [0, 0.05) is 4.47 Å². The van der Waals surface area contributed by atoms with Crippen LogP contribution in [-0.2, 0) is 6.42 Å². The van der Waals surface area contributed by atoms with Gasteiger partial charge in [-0.3, -0.25) is 0 Å². The van der Waals surface area contributed by atoms with E-state index in [1.807, 2.05) is 6.07 Å². The normalized spacial score (nSPS) is 12.8. The average Bonchev–Trinajstić information content (AvgIpc) is 2.06. The summed E-state index contributed by atoms with van der Waals surface area (Å²) < 4.78 is 0.978. The third-order valence-electron chi connectivity index (χ3n) is 1.86. The Kier molecular flexibility index (Phi) is 3.75. The molecule has 0 saturated heterocycles. The summed E-state index contributed by atoms with van der Waals surface area (Å²) in [5, 5.41) is 18.3. The first-order chi connectivity index (χ1) is 6.09. The number of hydrogen-bond acceptors (Lipinski definition) is 2. The molecule has 0 radical (unpaired) electrons. The van der Waals surface area contributed by atoms with Gasteiger partial charge in [-0.2, -0.15) is 0 Å². The number of aromatic hydroxyl groups is 1. The number of benzene rings is 1. The molecule has 0 aliphatic carbocycles. The van der Waals surface area contributed by atoms with Crippen molar-refractivity contribution in [1.29, 1.82) is 0 Å². The minimum absolute atomic E-state index is 0.267. The molecule has 0 fully saturated rings. The first-order valence-electron chi connectivity index (χ1n) is 4.25. The van der Waals surface area contributed by atoms with Gasteiger partial charge in [0.15, 0.2) is 0 Å². The molecule has 0 aliphatic heterocycles. The van der Waals surface area contributed by atoms with Crippen molar-refractivity contribution in [2.75, 3.05) is 0 Å². The summed E-state index contributed by atoms with van der Waals surface area (Å²) in [7, 11) is 0. The predicted molar refractivity (Wildman–Crippen MR) is 55.8 cm³/mol. The molecule has 1 atom stereocenters. The van der Waals surface area contributed by atoms with Crippen LogP contribution in [0.1, 0.15) is 18.9 Å². The van der Waals surface area contributed by atoms with Crippen molar-refractivity contribution in [1.82, 2.24) is 0 Å². The standard InChI is InChI=1S/C10H13BrO2/c1-7(12)2-3-8-6-9(13)4-5-10(8)11/h4-7,12-13H,2-3H2,1H3/t7-/m0/s1. The Morgan fingerprint density at radius 2 is 2.15 bits per heavy atom. The third kappa shape index (κ3) is 3.36. The highest BCUT2D eigenvalue weighted by atomic mass is 79.9. The summed E-state index contributed by atoms with van der Waals surface area (Å²) in [5.41, 5.74) is 1.03. The maximum atomic E-state index is 9.22. The SMILES string of the molecule is C[C@H](O)CCc1cc(O)ccc1Br. The van der Waals surface area contributed by atoms with Crippen molar-refractivity contribution in [2.24, 2.45) is 0 Å². The highest BCUT2D eigenvalue weighted by molar-refractivity contribution is 9.10. The van der Waals surface area contributed by atoms with Crippen LogP contribution in [0.2, 0.25) is 0 Å². The molecule has 0 aliphatic rings. The van der Waals surface area contributed by atoms with Crippen molar-refractivity contribution >= 4 is 15.9 Å². The van der Waals surface area contributed by atoms with Gasteiger partial charge in [-0.1, -0.05) is 15.9 Å². The Morgan fingerprint density at radius 3 is 2.77 bits per heavy atom. The van der Waals surface area contributed by atoms with Crippen molar-refractivity contribution < 1.29 is 10.2 Å². The van der Waals surface area contributed by atoms with Crippen LogP contribution in [0, 0.1) is 0 Å². The molecule has 1 aromatic rings. The fraction of sp³-hybridized carbons (Fsp3) is 0.400. The fourth-order valence-corrected chi connectivity index (χ4v) is 1.56. The van der Waals surface area contributed by atoms with Gasteiger partial charge in [0.1, 0.15) is 5.75 Å². The summed E-state index contributed by atoms with van der Waals surface area (Å²) in [4.78, 5) is 0. The first kappa shape index (κ1) is 10.5. The van der Waals surface area contributed by atoms with Crippen LogP contribution in [0.4, 0.5) is 0 Å². The topological polar surface area (TPSA) is 40.5 Å². The van der Waals surface area contributed by atoms with Gasteiger partial charge in [0.2, 0.25) is 0 Å². The van der Waals surface area contributed by atoms with E-state index in [0.717, 1.165) is 16.5 Å². The summed E-state index contributed by atoms with van der Waals surface area (Å²) >= 11 is 3.39. The van der Waals surface area contributed by atoms with Crippen LogP contribution < -0.4 is 0 Å². The van der Waals surface area contributed by atoms with E-state index < -0.39 is 0 Å². The number of aliphatic hydroxyl groups excluding tert-OH is 1. The van der Waals surface area contributed by atoms with E-state index in [9.17, 15) is 5.11 Å². The van der Waals surface area contributed by atoms with Crippen LogP contribution in [0.3, 0.4) is 0 Å². The lowest BCUT2D eigenvalue weighted by Gasteiger charge is -2.06. The number of phenolic OH excluding ortho intramolecular Hbond substituents is 1. The number of hydrogen-bond donors (Lipinski definition) is 2. The van der Waals surface area contributed by atoms with E-state index in [2.05, 4.69) is 15.9 Å². The number of rotatable bonds is 3. The Bertz CT molecular complexity index is 284. The zero-order valence-electron chi connectivity index (χ0n) is 7.50.